The topological polar surface area (TPSA) is 158 Å². The predicted octanol–water partition coefficient (Wildman–Crippen LogP) is -1.93. The first-order chi connectivity index (χ1) is 7.11. The molecule has 0 unspecified atom stereocenters. The lowest BCUT2D eigenvalue weighted by Crippen LogP contribution is -2.29. The number of esters is 2. The molecule has 0 aliphatic heterocycles. The SMILES string of the molecule is O=C(O)C[C@H](O)C(=O)OC(=O)CP(=O)(O)O. The third-order valence-electron chi connectivity index (χ3n) is 1.19. The number of aliphatic carboxylic acids is 1. The van der Waals surface area contributed by atoms with Crippen molar-refractivity contribution in [2.24, 2.45) is 0 Å². The zero-order valence-electron chi connectivity index (χ0n) is 7.77. The maximum atomic E-state index is 10.8. The van der Waals surface area contributed by atoms with Gasteiger partial charge in [0.25, 0.3) is 0 Å². The van der Waals surface area contributed by atoms with Crippen LogP contribution in [0, 0.1) is 0 Å². The molecule has 0 saturated carbocycles. The van der Waals surface area contributed by atoms with Crippen LogP contribution in [-0.2, 0) is 23.7 Å². The summed E-state index contributed by atoms with van der Waals surface area (Å²) in [6, 6.07) is 0. The largest absolute Gasteiger partial charge is 0.481 e. The highest BCUT2D eigenvalue weighted by Crippen LogP contribution is 2.33. The number of rotatable bonds is 5. The standard InChI is InChI=1S/C6H9O9P/c7-3(1-4(8)9)6(11)15-5(10)2-16(12,13)14/h3,7H,1-2H2,(H,8,9)(H2,12,13,14)/t3-/m0/s1. The Bertz CT molecular complexity index is 342. The molecule has 0 aromatic heterocycles. The summed E-state index contributed by atoms with van der Waals surface area (Å²) < 4.78 is 14.1. The van der Waals surface area contributed by atoms with Gasteiger partial charge in [-0.05, 0) is 0 Å². The summed E-state index contributed by atoms with van der Waals surface area (Å²) in [5.74, 6) is -4.60. The minimum absolute atomic E-state index is 0.970. The highest BCUT2D eigenvalue weighted by molar-refractivity contribution is 7.52. The van der Waals surface area contributed by atoms with Gasteiger partial charge in [-0.1, -0.05) is 0 Å². The monoisotopic (exact) mass is 256 g/mol. The van der Waals surface area contributed by atoms with E-state index < -0.39 is 44.2 Å². The minimum atomic E-state index is -4.66. The fraction of sp³-hybridized carbons (Fsp3) is 0.500. The molecule has 0 amide bonds. The molecule has 9 nitrogen and oxygen atoms in total. The van der Waals surface area contributed by atoms with Crippen molar-refractivity contribution in [1.29, 1.82) is 0 Å². The van der Waals surface area contributed by atoms with Gasteiger partial charge in [-0.3, -0.25) is 14.2 Å². The summed E-state index contributed by atoms with van der Waals surface area (Å²) in [6.45, 7) is 0. The van der Waals surface area contributed by atoms with Crippen LogP contribution in [0.3, 0.4) is 0 Å². The molecule has 0 fully saturated rings. The molecule has 0 radical (unpaired) electrons. The Morgan fingerprint density at radius 1 is 1.25 bits per heavy atom. The first-order valence-electron chi connectivity index (χ1n) is 3.81. The average molecular weight is 256 g/mol. The summed E-state index contributed by atoms with van der Waals surface area (Å²) in [7, 11) is -4.66. The van der Waals surface area contributed by atoms with E-state index in [0.29, 0.717) is 0 Å². The van der Waals surface area contributed by atoms with Gasteiger partial charge in [0.15, 0.2) is 6.10 Å². The van der Waals surface area contributed by atoms with Crippen LogP contribution in [0.5, 0.6) is 0 Å². The highest BCUT2D eigenvalue weighted by atomic mass is 31.2. The van der Waals surface area contributed by atoms with E-state index in [0.717, 1.165) is 0 Å². The van der Waals surface area contributed by atoms with E-state index >= 15 is 0 Å². The molecule has 0 aliphatic carbocycles. The van der Waals surface area contributed by atoms with Crippen LogP contribution < -0.4 is 0 Å². The number of hydrogen-bond donors (Lipinski definition) is 4. The molecule has 0 saturated heterocycles. The number of carboxylic acids is 1. The molecule has 92 valence electrons. The molecule has 1 atom stereocenters. The summed E-state index contributed by atoms with van der Waals surface area (Å²) in [5.41, 5.74) is 0. The number of aliphatic hydroxyl groups is 1. The van der Waals surface area contributed by atoms with Gasteiger partial charge in [0, 0.05) is 0 Å². The molecule has 0 spiro atoms. The van der Waals surface area contributed by atoms with Crippen molar-refractivity contribution >= 4 is 25.5 Å². The molecule has 10 heteroatoms. The van der Waals surface area contributed by atoms with Crippen molar-refractivity contribution < 1.29 is 43.7 Å². The molecule has 0 aliphatic rings. The third-order valence-corrected chi connectivity index (χ3v) is 1.86. The molecule has 0 aromatic carbocycles. The molecule has 0 bridgehead atoms. The smallest absolute Gasteiger partial charge is 0.343 e. The second kappa shape index (κ2) is 5.71. The normalized spacial score (nSPS) is 12.9. The van der Waals surface area contributed by atoms with E-state index in [9.17, 15) is 18.9 Å². The summed E-state index contributed by atoms with van der Waals surface area (Å²) >= 11 is 0. The van der Waals surface area contributed by atoms with Crippen molar-refractivity contribution in [3.8, 4) is 0 Å². The first kappa shape index (κ1) is 14.7. The lowest BCUT2D eigenvalue weighted by molar-refractivity contribution is -0.166. The van der Waals surface area contributed by atoms with Crippen LogP contribution in [0.1, 0.15) is 6.42 Å². The molecule has 0 aromatic rings. The molecule has 0 rings (SSSR count). The van der Waals surface area contributed by atoms with Gasteiger partial charge < -0.3 is 24.7 Å². The van der Waals surface area contributed by atoms with E-state index in [-0.39, 0.29) is 0 Å². The number of carbonyl (C=O) groups excluding carboxylic acids is 2. The summed E-state index contributed by atoms with van der Waals surface area (Å²) in [6.07, 6.45) is -4.35. The second-order valence-electron chi connectivity index (χ2n) is 2.73. The van der Waals surface area contributed by atoms with Crippen molar-refractivity contribution in [3.05, 3.63) is 0 Å². The lowest BCUT2D eigenvalue weighted by atomic mass is 10.2. The van der Waals surface area contributed by atoms with Crippen molar-refractivity contribution in [2.45, 2.75) is 12.5 Å². The number of ether oxygens (including phenoxy) is 1. The lowest BCUT2D eigenvalue weighted by Gasteiger charge is -2.07. The van der Waals surface area contributed by atoms with Crippen LogP contribution in [0.4, 0.5) is 0 Å². The van der Waals surface area contributed by atoms with Crippen molar-refractivity contribution in [2.75, 3.05) is 6.16 Å². The zero-order valence-corrected chi connectivity index (χ0v) is 8.66. The Balaban J connectivity index is 4.20. The van der Waals surface area contributed by atoms with Crippen LogP contribution >= 0.6 is 7.60 Å². The van der Waals surface area contributed by atoms with Gasteiger partial charge in [0.1, 0.15) is 6.16 Å². The average Bonchev–Trinajstić information content (AvgIpc) is 1.98. The predicted molar refractivity (Wildman–Crippen MR) is 46.3 cm³/mol. The fourth-order valence-corrected chi connectivity index (χ4v) is 1.03. The van der Waals surface area contributed by atoms with Crippen LogP contribution in [0.15, 0.2) is 0 Å². The van der Waals surface area contributed by atoms with Gasteiger partial charge in [0.05, 0.1) is 6.42 Å². The Morgan fingerprint density at radius 2 is 1.75 bits per heavy atom. The molecular formula is C6H9O9P. The van der Waals surface area contributed by atoms with Gasteiger partial charge in [-0.25, -0.2) is 4.79 Å². The Morgan fingerprint density at radius 3 is 2.12 bits per heavy atom. The molecular weight excluding hydrogens is 247 g/mol. The van der Waals surface area contributed by atoms with Crippen LogP contribution in [-0.4, -0.2) is 50.2 Å². The van der Waals surface area contributed by atoms with Crippen LogP contribution in [0.2, 0.25) is 0 Å². The van der Waals surface area contributed by atoms with Gasteiger partial charge in [0.2, 0.25) is 0 Å². The highest BCUT2D eigenvalue weighted by Gasteiger charge is 2.26. The van der Waals surface area contributed by atoms with Crippen molar-refractivity contribution in [3.63, 3.8) is 0 Å². The zero-order chi connectivity index (χ0) is 12.9. The quantitative estimate of drug-likeness (QED) is 0.249. The van der Waals surface area contributed by atoms with Gasteiger partial charge in [-0.15, -0.1) is 0 Å². The van der Waals surface area contributed by atoms with Crippen molar-refractivity contribution in [1.82, 2.24) is 0 Å². The van der Waals surface area contributed by atoms with E-state index in [2.05, 4.69) is 4.74 Å². The minimum Gasteiger partial charge on any atom is -0.481 e. The van der Waals surface area contributed by atoms with Gasteiger partial charge >= 0.3 is 25.5 Å². The van der Waals surface area contributed by atoms with E-state index in [4.69, 9.17) is 20.0 Å². The summed E-state index contributed by atoms with van der Waals surface area (Å²) in [4.78, 5) is 48.1. The Kier molecular flexibility index (Phi) is 5.25. The van der Waals surface area contributed by atoms with Crippen LogP contribution in [0.25, 0.3) is 0 Å². The maximum Gasteiger partial charge on any atom is 0.343 e. The second-order valence-corrected chi connectivity index (χ2v) is 4.38. The number of carbonyl (C=O) groups is 3. The Hall–Kier alpha value is -1.28. The first-order valence-corrected chi connectivity index (χ1v) is 5.60. The van der Waals surface area contributed by atoms with Gasteiger partial charge in [-0.2, -0.15) is 0 Å². The third kappa shape index (κ3) is 7.07. The number of aliphatic hydroxyl groups excluding tert-OH is 1. The molecule has 16 heavy (non-hydrogen) atoms. The van der Waals surface area contributed by atoms with E-state index in [1.54, 1.807) is 0 Å². The molecule has 4 N–H and O–H groups in total. The van der Waals surface area contributed by atoms with E-state index in [1.165, 1.54) is 0 Å². The summed E-state index contributed by atoms with van der Waals surface area (Å²) in [5, 5.41) is 17.0. The fourth-order valence-electron chi connectivity index (χ4n) is 0.629. The molecule has 0 heterocycles. The Labute approximate surface area is 88.8 Å². The number of hydrogen-bond acceptors (Lipinski definition) is 6. The van der Waals surface area contributed by atoms with E-state index in [1.807, 2.05) is 0 Å². The maximum absolute atomic E-state index is 10.8. The number of carboxylic acid groups (broad SMARTS) is 1.